The minimum atomic E-state index is -0.801. The van der Waals surface area contributed by atoms with Crippen molar-refractivity contribution in [1.82, 2.24) is 4.90 Å². The molecule has 0 atom stereocenters. The Morgan fingerprint density at radius 2 is 1.88 bits per heavy atom. The smallest absolute Gasteiger partial charge is 0.159 e. The Hall–Kier alpha value is -1.00. The number of benzene rings is 1. The van der Waals surface area contributed by atoms with Gasteiger partial charge < -0.3 is 10.0 Å². The second-order valence-electron chi connectivity index (χ2n) is 4.23. The van der Waals surface area contributed by atoms with Gasteiger partial charge in [-0.05, 0) is 50.6 Å². The topological polar surface area (TPSA) is 23.5 Å². The minimum absolute atomic E-state index is 0.219. The van der Waals surface area contributed by atoms with Crippen LogP contribution in [0.3, 0.4) is 0 Å². The van der Waals surface area contributed by atoms with Crippen molar-refractivity contribution >= 4 is 0 Å². The first-order valence-corrected chi connectivity index (χ1v) is 5.87. The summed E-state index contributed by atoms with van der Waals surface area (Å²) in [7, 11) is 1.98. The summed E-state index contributed by atoms with van der Waals surface area (Å²) in [6, 6.07) is 4.02. The second-order valence-corrected chi connectivity index (χ2v) is 4.23. The van der Waals surface area contributed by atoms with Gasteiger partial charge in [-0.3, -0.25) is 0 Å². The molecule has 0 spiro atoms. The number of aliphatic hydroxyl groups is 1. The molecule has 0 saturated carbocycles. The van der Waals surface area contributed by atoms with Crippen LogP contribution < -0.4 is 0 Å². The molecule has 0 amide bonds. The molecule has 0 aromatic heterocycles. The van der Waals surface area contributed by atoms with E-state index in [1.165, 1.54) is 6.07 Å². The SMILES string of the molecule is CN(CCCCO)CCc1ccc(F)c(F)c1. The highest BCUT2D eigenvalue weighted by Crippen LogP contribution is 2.09. The Labute approximate surface area is 101 Å². The lowest BCUT2D eigenvalue weighted by atomic mass is 10.1. The first-order chi connectivity index (χ1) is 8.13. The van der Waals surface area contributed by atoms with Gasteiger partial charge in [-0.25, -0.2) is 8.78 Å². The van der Waals surface area contributed by atoms with Crippen LogP contribution in [0.1, 0.15) is 18.4 Å². The lowest BCUT2D eigenvalue weighted by Gasteiger charge is -2.16. The fraction of sp³-hybridized carbons (Fsp3) is 0.538. The molecule has 4 heteroatoms. The summed E-state index contributed by atoms with van der Waals surface area (Å²) in [4.78, 5) is 2.12. The molecule has 0 unspecified atom stereocenters. The standard InChI is InChI=1S/C13H19F2NO/c1-16(7-2-3-9-17)8-6-11-4-5-12(14)13(15)10-11/h4-5,10,17H,2-3,6-9H2,1H3. The van der Waals surface area contributed by atoms with Crippen LogP contribution >= 0.6 is 0 Å². The number of hydrogen-bond acceptors (Lipinski definition) is 2. The molecule has 17 heavy (non-hydrogen) atoms. The van der Waals surface area contributed by atoms with E-state index in [4.69, 9.17) is 5.11 Å². The molecule has 2 nitrogen and oxygen atoms in total. The van der Waals surface area contributed by atoms with Gasteiger partial charge in [-0.1, -0.05) is 6.07 Å². The number of aliphatic hydroxyl groups excluding tert-OH is 1. The monoisotopic (exact) mass is 243 g/mol. The van der Waals surface area contributed by atoms with Crippen molar-refractivity contribution in [3.8, 4) is 0 Å². The molecule has 0 heterocycles. The molecule has 1 rings (SSSR count). The summed E-state index contributed by atoms with van der Waals surface area (Å²) in [6.45, 7) is 1.93. The van der Waals surface area contributed by atoms with Crippen LogP contribution in [-0.4, -0.2) is 36.8 Å². The van der Waals surface area contributed by atoms with Gasteiger partial charge in [-0.2, -0.15) is 0 Å². The van der Waals surface area contributed by atoms with Crippen LogP contribution in [0.2, 0.25) is 0 Å². The molecular weight excluding hydrogens is 224 g/mol. The van der Waals surface area contributed by atoms with Gasteiger partial charge in [0.15, 0.2) is 11.6 Å². The van der Waals surface area contributed by atoms with Gasteiger partial charge in [0.2, 0.25) is 0 Å². The Morgan fingerprint density at radius 3 is 2.53 bits per heavy atom. The van der Waals surface area contributed by atoms with E-state index in [2.05, 4.69) is 4.90 Å². The first kappa shape index (κ1) is 14.1. The number of rotatable bonds is 7. The number of halogens is 2. The molecule has 0 aliphatic rings. The van der Waals surface area contributed by atoms with Crippen LogP contribution in [0.15, 0.2) is 18.2 Å². The van der Waals surface area contributed by atoms with Crippen LogP contribution in [0.4, 0.5) is 8.78 Å². The Morgan fingerprint density at radius 1 is 1.12 bits per heavy atom. The van der Waals surface area contributed by atoms with Crippen LogP contribution in [0.5, 0.6) is 0 Å². The number of hydrogen-bond donors (Lipinski definition) is 1. The van der Waals surface area contributed by atoms with Crippen molar-refractivity contribution in [3.63, 3.8) is 0 Å². The highest BCUT2D eigenvalue weighted by molar-refractivity contribution is 5.18. The average molecular weight is 243 g/mol. The number of likely N-dealkylation sites (N-methyl/N-ethyl adjacent to an activating group) is 1. The van der Waals surface area contributed by atoms with Crippen molar-refractivity contribution in [3.05, 3.63) is 35.4 Å². The maximum atomic E-state index is 12.9. The third kappa shape index (κ3) is 5.24. The normalized spacial score (nSPS) is 11.1. The van der Waals surface area contributed by atoms with E-state index in [0.717, 1.165) is 37.6 Å². The summed E-state index contributed by atoms with van der Waals surface area (Å²) in [5.74, 6) is -1.59. The summed E-state index contributed by atoms with van der Waals surface area (Å²) in [5, 5.41) is 8.65. The predicted octanol–water partition coefficient (Wildman–Crippen LogP) is 2.21. The Balaban J connectivity index is 2.31. The molecule has 0 saturated heterocycles. The zero-order valence-corrected chi connectivity index (χ0v) is 10.1. The first-order valence-electron chi connectivity index (χ1n) is 5.87. The third-order valence-electron chi connectivity index (χ3n) is 2.71. The number of nitrogens with zero attached hydrogens (tertiary/aromatic N) is 1. The molecule has 1 aromatic rings. The van der Waals surface area contributed by atoms with Crippen molar-refractivity contribution in [2.24, 2.45) is 0 Å². The summed E-state index contributed by atoms with van der Waals surface area (Å²) < 4.78 is 25.6. The summed E-state index contributed by atoms with van der Waals surface area (Å²) in [6.07, 6.45) is 2.45. The molecular formula is C13H19F2NO. The lowest BCUT2D eigenvalue weighted by molar-refractivity contribution is 0.264. The van der Waals surface area contributed by atoms with Crippen molar-refractivity contribution in [2.45, 2.75) is 19.3 Å². The molecule has 0 fully saturated rings. The van der Waals surface area contributed by atoms with E-state index < -0.39 is 11.6 Å². The van der Waals surface area contributed by atoms with E-state index in [1.54, 1.807) is 6.07 Å². The van der Waals surface area contributed by atoms with Gasteiger partial charge in [-0.15, -0.1) is 0 Å². The van der Waals surface area contributed by atoms with Crippen molar-refractivity contribution in [2.75, 3.05) is 26.7 Å². The van der Waals surface area contributed by atoms with Gasteiger partial charge in [0.05, 0.1) is 0 Å². The summed E-state index contributed by atoms with van der Waals surface area (Å²) in [5.41, 5.74) is 0.804. The quantitative estimate of drug-likeness (QED) is 0.742. The van der Waals surface area contributed by atoms with Gasteiger partial charge in [0.1, 0.15) is 0 Å². The average Bonchev–Trinajstić information content (AvgIpc) is 2.31. The largest absolute Gasteiger partial charge is 0.396 e. The van der Waals surface area contributed by atoms with Crippen LogP contribution in [-0.2, 0) is 6.42 Å². The Kier molecular flexibility index (Phi) is 6.08. The van der Waals surface area contributed by atoms with Crippen molar-refractivity contribution in [1.29, 1.82) is 0 Å². The molecule has 0 bridgehead atoms. The fourth-order valence-corrected chi connectivity index (χ4v) is 1.62. The highest BCUT2D eigenvalue weighted by atomic mass is 19.2. The van der Waals surface area contributed by atoms with E-state index in [-0.39, 0.29) is 6.61 Å². The van der Waals surface area contributed by atoms with E-state index in [9.17, 15) is 8.78 Å². The van der Waals surface area contributed by atoms with Gasteiger partial charge in [0.25, 0.3) is 0 Å². The molecule has 96 valence electrons. The van der Waals surface area contributed by atoms with Crippen LogP contribution in [0.25, 0.3) is 0 Å². The van der Waals surface area contributed by atoms with Crippen LogP contribution in [0, 0.1) is 11.6 Å². The third-order valence-corrected chi connectivity index (χ3v) is 2.71. The maximum absolute atomic E-state index is 12.9. The second kappa shape index (κ2) is 7.35. The molecule has 0 radical (unpaired) electrons. The Bertz CT molecular complexity index is 344. The van der Waals surface area contributed by atoms with Gasteiger partial charge >= 0.3 is 0 Å². The fourth-order valence-electron chi connectivity index (χ4n) is 1.62. The maximum Gasteiger partial charge on any atom is 0.159 e. The molecule has 1 aromatic carbocycles. The minimum Gasteiger partial charge on any atom is -0.396 e. The van der Waals surface area contributed by atoms with E-state index >= 15 is 0 Å². The number of unbranched alkanes of at least 4 members (excludes halogenated alkanes) is 1. The van der Waals surface area contributed by atoms with E-state index in [0.29, 0.717) is 6.42 Å². The molecule has 0 aliphatic carbocycles. The predicted molar refractivity (Wildman–Crippen MR) is 63.9 cm³/mol. The van der Waals surface area contributed by atoms with E-state index in [1.807, 2.05) is 7.05 Å². The molecule has 0 aliphatic heterocycles. The zero-order chi connectivity index (χ0) is 12.7. The molecule has 1 N–H and O–H groups in total. The van der Waals surface area contributed by atoms with Crippen molar-refractivity contribution < 1.29 is 13.9 Å². The van der Waals surface area contributed by atoms with Gasteiger partial charge in [0, 0.05) is 13.2 Å². The summed E-state index contributed by atoms with van der Waals surface area (Å²) >= 11 is 0. The zero-order valence-electron chi connectivity index (χ0n) is 10.1. The highest BCUT2D eigenvalue weighted by Gasteiger charge is 2.04. The lowest BCUT2D eigenvalue weighted by Crippen LogP contribution is -2.22.